The third-order valence-corrected chi connectivity index (χ3v) is 9.17. The molecule has 3 aliphatic rings. The number of carbonyl (C=O) groups is 1. The van der Waals surface area contributed by atoms with Gasteiger partial charge < -0.3 is 29.0 Å². The van der Waals surface area contributed by atoms with Crippen molar-refractivity contribution < 1.29 is 14.3 Å². The number of aryl methyl sites for hydroxylation is 1. The fourth-order valence-corrected chi connectivity index (χ4v) is 6.80. The number of likely N-dealkylation sites (tertiary alicyclic amines) is 1. The van der Waals surface area contributed by atoms with Gasteiger partial charge in [-0.25, -0.2) is 11.4 Å². The first kappa shape index (κ1) is 30.9. The van der Waals surface area contributed by atoms with Crippen LogP contribution in [0.1, 0.15) is 50.4 Å². The van der Waals surface area contributed by atoms with E-state index >= 15 is 0 Å². The lowest BCUT2D eigenvalue weighted by Gasteiger charge is -2.41. The van der Waals surface area contributed by atoms with Crippen LogP contribution in [0.25, 0.3) is 15.6 Å². The number of fused-ring (bicyclic) bond motifs is 2. The molecule has 10 heteroatoms. The Morgan fingerprint density at radius 1 is 1.07 bits per heavy atom. The summed E-state index contributed by atoms with van der Waals surface area (Å²) >= 11 is 0. The van der Waals surface area contributed by atoms with Gasteiger partial charge >= 0.3 is 12.1 Å². The SMILES string of the molecule is [C-]#[N+]CC1CN(c2nc(OC[C@@H]3CCCN3C)nc3c2CCN(c2cccc4ccc(C)cc24)C3)CCN1C(=O)OC(C)(C)C. The van der Waals surface area contributed by atoms with E-state index in [2.05, 4.69) is 69.9 Å². The number of amides is 1. The van der Waals surface area contributed by atoms with E-state index in [1.807, 2.05) is 20.8 Å². The van der Waals surface area contributed by atoms with Gasteiger partial charge in [0.25, 0.3) is 0 Å². The predicted molar refractivity (Wildman–Crippen MR) is 177 cm³/mol. The largest absolute Gasteiger partial charge is 0.462 e. The van der Waals surface area contributed by atoms with Gasteiger partial charge in [0.2, 0.25) is 6.54 Å². The number of ether oxygens (including phenoxy) is 2. The Kier molecular flexibility index (Phi) is 8.74. The molecule has 0 bridgehead atoms. The lowest BCUT2D eigenvalue weighted by molar-refractivity contribution is 0.0155. The fourth-order valence-electron chi connectivity index (χ4n) is 6.80. The molecular weight excluding hydrogens is 566 g/mol. The van der Waals surface area contributed by atoms with Gasteiger partial charge in [-0.3, -0.25) is 4.90 Å². The molecule has 6 rings (SSSR count). The molecule has 45 heavy (non-hydrogen) atoms. The Labute approximate surface area is 266 Å². The lowest BCUT2D eigenvalue weighted by atomic mass is 10.0. The number of carbonyl (C=O) groups excluding carboxylic acids is 1. The summed E-state index contributed by atoms with van der Waals surface area (Å²) in [5.41, 5.74) is 3.95. The number of hydrogen-bond donors (Lipinski definition) is 0. The van der Waals surface area contributed by atoms with Crippen LogP contribution < -0.4 is 14.5 Å². The fraction of sp³-hybridized carbons (Fsp3) is 0.543. The zero-order valence-corrected chi connectivity index (χ0v) is 27.3. The van der Waals surface area contributed by atoms with Gasteiger partial charge in [0.05, 0.1) is 12.2 Å². The van der Waals surface area contributed by atoms with E-state index < -0.39 is 5.60 Å². The first-order chi connectivity index (χ1) is 21.6. The molecule has 2 atom stereocenters. The van der Waals surface area contributed by atoms with Crippen LogP contribution in [0.5, 0.6) is 6.01 Å². The standard InChI is InChI=1S/C35H45N7O3/c1-24-12-13-25-9-7-11-31(29(25)19-24)40-16-14-28-30(22-40)37-33(44-23-26-10-8-15-39(26)6)38-32(28)41-17-18-42(27(21-41)20-36-5)34(43)45-35(2,3)4/h7,9,11-13,19,26-27H,8,10,14-18,20-23H2,1-4,6H3/t26-,27?/m0/s1. The molecule has 2 saturated heterocycles. The maximum absolute atomic E-state index is 13.1. The maximum atomic E-state index is 13.1. The average molecular weight is 612 g/mol. The van der Waals surface area contributed by atoms with Crippen LogP contribution in [0.3, 0.4) is 0 Å². The van der Waals surface area contributed by atoms with Crippen molar-refractivity contribution in [3.63, 3.8) is 0 Å². The summed E-state index contributed by atoms with van der Waals surface area (Å²) in [7, 11) is 2.14. The number of hydrogen-bond acceptors (Lipinski definition) is 8. The van der Waals surface area contributed by atoms with Crippen molar-refractivity contribution in [1.82, 2.24) is 19.8 Å². The number of aromatic nitrogens is 2. The molecule has 0 spiro atoms. The second kappa shape index (κ2) is 12.7. The molecule has 2 aromatic carbocycles. The highest BCUT2D eigenvalue weighted by Gasteiger charge is 2.37. The molecule has 0 aliphatic carbocycles. The van der Waals surface area contributed by atoms with E-state index in [-0.39, 0.29) is 18.7 Å². The molecule has 2 fully saturated rings. The summed E-state index contributed by atoms with van der Waals surface area (Å²) in [6.45, 7) is 20.2. The maximum Gasteiger partial charge on any atom is 0.410 e. The van der Waals surface area contributed by atoms with Gasteiger partial charge in [0, 0.05) is 48.9 Å². The van der Waals surface area contributed by atoms with Crippen molar-refractivity contribution in [3.8, 4) is 6.01 Å². The molecule has 0 radical (unpaired) electrons. The normalized spacial score (nSPS) is 20.7. The zero-order valence-electron chi connectivity index (χ0n) is 27.3. The van der Waals surface area contributed by atoms with Gasteiger partial charge in [0.1, 0.15) is 24.1 Å². The van der Waals surface area contributed by atoms with Crippen LogP contribution in [-0.4, -0.2) is 96.5 Å². The molecule has 0 saturated carbocycles. The topological polar surface area (TPSA) is 78.6 Å². The molecule has 238 valence electrons. The van der Waals surface area contributed by atoms with Gasteiger partial charge in [-0.15, -0.1) is 0 Å². The first-order valence-corrected chi connectivity index (χ1v) is 16.1. The summed E-state index contributed by atoms with van der Waals surface area (Å²) in [4.78, 5) is 35.5. The zero-order chi connectivity index (χ0) is 31.7. The highest BCUT2D eigenvalue weighted by molar-refractivity contribution is 5.95. The molecule has 0 N–H and O–H groups in total. The number of benzene rings is 2. The van der Waals surface area contributed by atoms with Gasteiger partial charge in [-0.1, -0.05) is 29.8 Å². The molecule has 10 nitrogen and oxygen atoms in total. The van der Waals surface area contributed by atoms with Crippen molar-refractivity contribution in [2.24, 2.45) is 0 Å². The van der Waals surface area contributed by atoms with Crippen molar-refractivity contribution in [1.29, 1.82) is 0 Å². The average Bonchev–Trinajstić information content (AvgIpc) is 3.42. The minimum Gasteiger partial charge on any atom is -0.462 e. The monoisotopic (exact) mass is 611 g/mol. The highest BCUT2D eigenvalue weighted by Crippen LogP contribution is 2.35. The summed E-state index contributed by atoms with van der Waals surface area (Å²) in [5, 5.41) is 2.47. The quantitative estimate of drug-likeness (QED) is 0.347. The van der Waals surface area contributed by atoms with E-state index in [0.29, 0.717) is 44.8 Å². The minimum atomic E-state index is -0.600. The van der Waals surface area contributed by atoms with E-state index in [9.17, 15) is 4.79 Å². The number of piperazine rings is 1. The van der Waals surface area contributed by atoms with Crippen LogP contribution in [0.2, 0.25) is 0 Å². The predicted octanol–water partition coefficient (Wildman–Crippen LogP) is 5.32. The number of rotatable bonds is 6. The van der Waals surface area contributed by atoms with Crippen molar-refractivity contribution >= 4 is 28.4 Å². The Morgan fingerprint density at radius 3 is 2.67 bits per heavy atom. The van der Waals surface area contributed by atoms with Gasteiger partial charge in [0.15, 0.2) is 0 Å². The number of nitrogens with zero attached hydrogens (tertiary/aromatic N) is 7. The van der Waals surface area contributed by atoms with Crippen LogP contribution in [0.15, 0.2) is 36.4 Å². The van der Waals surface area contributed by atoms with Crippen molar-refractivity contribution in [2.45, 2.75) is 71.2 Å². The lowest BCUT2D eigenvalue weighted by Crippen LogP contribution is -2.57. The third kappa shape index (κ3) is 6.79. The number of likely N-dealkylation sites (N-methyl/N-ethyl adjacent to an activating group) is 1. The van der Waals surface area contributed by atoms with Crippen LogP contribution in [0, 0.1) is 13.5 Å². The molecule has 1 unspecified atom stereocenters. The Hall–Kier alpha value is -4.10. The highest BCUT2D eigenvalue weighted by atomic mass is 16.6. The van der Waals surface area contributed by atoms with Gasteiger partial charge in [-0.05, 0) is 78.1 Å². The van der Waals surface area contributed by atoms with Crippen LogP contribution in [0.4, 0.5) is 16.3 Å². The molecule has 1 aromatic heterocycles. The summed E-state index contributed by atoms with van der Waals surface area (Å²) in [6, 6.07) is 13.6. The Balaban J connectivity index is 1.31. The van der Waals surface area contributed by atoms with Crippen molar-refractivity contribution in [2.75, 3.05) is 62.7 Å². The van der Waals surface area contributed by atoms with E-state index in [0.717, 1.165) is 43.0 Å². The second-order valence-corrected chi connectivity index (χ2v) is 13.6. The second-order valence-electron chi connectivity index (χ2n) is 13.6. The van der Waals surface area contributed by atoms with Crippen LogP contribution in [-0.2, 0) is 17.7 Å². The van der Waals surface area contributed by atoms with Crippen molar-refractivity contribution in [3.05, 3.63) is 64.6 Å². The smallest absolute Gasteiger partial charge is 0.410 e. The summed E-state index contributed by atoms with van der Waals surface area (Å²) < 4.78 is 12.0. The molecule has 1 amide bonds. The van der Waals surface area contributed by atoms with Gasteiger partial charge in [-0.2, -0.15) is 9.97 Å². The van der Waals surface area contributed by atoms with Crippen LogP contribution >= 0.6 is 0 Å². The molecule has 3 aromatic rings. The molecule has 3 aliphatic heterocycles. The summed E-state index contributed by atoms with van der Waals surface area (Å²) in [5.74, 6) is 0.863. The Bertz CT molecular complexity index is 1600. The molecular formula is C35H45N7O3. The number of anilines is 2. The molecule has 4 heterocycles. The van der Waals surface area contributed by atoms with E-state index in [4.69, 9.17) is 26.0 Å². The van der Waals surface area contributed by atoms with E-state index in [1.54, 1.807) is 4.90 Å². The Morgan fingerprint density at radius 2 is 1.91 bits per heavy atom. The van der Waals surface area contributed by atoms with E-state index in [1.165, 1.54) is 28.4 Å². The first-order valence-electron chi connectivity index (χ1n) is 16.1. The summed E-state index contributed by atoms with van der Waals surface area (Å²) in [6.07, 6.45) is 2.70. The third-order valence-electron chi connectivity index (χ3n) is 9.17. The minimum absolute atomic E-state index is 0.203.